The first-order valence-corrected chi connectivity index (χ1v) is 10.8. The van der Waals surface area contributed by atoms with Gasteiger partial charge in [0.1, 0.15) is 0 Å². The maximum Gasteiger partial charge on any atom is 0.254 e. The lowest BCUT2D eigenvalue weighted by atomic mass is 10.1. The van der Waals surface area contributed by atoms with Crippen LogP contribution in [-0.2, 0) is 16.4 Å². The van der Waals surface area contributed by atoms with E-state index in [-0.39, 0.29) is 23.5 Å². The summed E-state index contributed by atoms with van der Waals surface area (Å²) in [7, 11) is -3.08. The van der Waals surface area contributed by atoms with Gasteiger partial charge in [-0.05, 0) is 48.4 Å². The van der Waals surface area contributed by atoms with Gasteiger partial charge in [0.05, 0.1) is 11.5 Å². The van der Waals surface area contributed by atoms with Gasteiger partial charge in [-0.3, -0.25) is 4.79 Å². The molecule has 0 aromatic heterocycles. The summed E-state index contributed by atoms with van der Waals surface area (Å²) >= 11 is 9.28. The summed E-state index contributed by atoms with van der Waals surface area (Å²) in [6.45, 7) is 0.353. The van der Waals surface area contributed by atoms with Crippen molar-refractivity contribution in [3.63, 3.8) is 0 Å². The second-order valence-corrected chi connectivity index (χ2v) is 9.70. The van der Waals surface area contributed by atoms with E-state index in [0.29, 0.717) is 23.6 Å². The van der Waals surface area contributed by atoms with E-state index < -0.39 is 9.84 Å². The molecular weight excluding hydrogens is 426 g/mol. The van der Waals surface area contributed by atoms with Crippen LogP contribution in [0.2, 0.25) is 5.02 Å². The zero-order valence-electron chi connectivity index (χ0n) is 13.4. The van der Waals surface area contributed by atoms with E-state index in [1.54, 1.807) is 41.3 Å². The first kappa shape index (κ1) is 18.4. The van der Waals surface area contributed by atoms with Gasteiger partial charge in [-0.2, -0.15) is 0 Å². The number of rotatable bonds is 4. The Morgan fingerprint density at radius 3 is 2.32 bits per heavy atom. The third kappa shape index (κ3) is 4.63. The van der Waals surface area contributed by atoms with E-state index in [1.165, 1.54) is 0 Å². The molecule has 2 aromatic carbocycles. The lowest BCUT2D eigenvalue weighted by molar-refractivity contribution is 0.0681. The van der Waals surface area contributed by atoms with Crippen LogP contribution in [0, 0.1) is 0 Å². The predicted molar refractivity (Wildman–Crippen MR) is 103 cm³/mol. The summed E-state index contributed by atoms with van der Waals surface area (Å²) in [6, 6.07) is 14.0. The molecule has 1 fully saturated rings. The Labute approximate surface area is 160 Å². The van der Waals surface area contributed by atoms with Gasteiger partial charge in [0.2, 0.25) is 0 Å². The van der Waals surface area contributed by atoms with Crippen LogP contribution >= 0.6 is 27.5 Å². The minimum Gasteiger partial charge on any atom is -0.330 e. The predicted octanol–water partition coefficient (Wildman–Crippen LogP) is 3.93. The topological polar surface area (TPSA) is 54.5 Å². The number of halogens is 2. The third-order valence-corrected chi connectivity index (χ3v) is 6.80. The maximum atomic E-state index is 13.0. The monoisotopic (exact) mass is 441 g/mol. The van der Waals surface area contributed by atoms with Crippen molar-refractivity contribution < 1.29 is 13.2 Å². The van der Waals surface area contributed by atoms with Gasteiger partial charge in [-0.25, -0.2) is 8.42 Å². The number of carbonyl (C=O) groups is 1. The van der Waals surface area contributed by atoms with Crippen LogP contribution in [-0.4, -0.2) is 36.8 Å². The Hall–Kier alpha value is -1.37. The molecule has 0 bridgehead atoms. The molecule has 0 saturated carbocycles. The molecule has 132 valence electrons. The van der Waals surface area contributed by atoms with Gasteiger partial charge in [-0.15, -0.1) is 0 Å². The number of hydrogen-bond donors (Lipinski definition) is 0. The molecular formula is C18H17BrClNO3S. The minimum absolute atomic E-state index is 0.0167. The molecule has 1 atom stereocenters. The van der Waals surface area contributed by atoms with Gasteiger partial charge in [-0.1, -0.05) is 39.7 Å². The first-order valence-electron chi connectivity index (χ1n) is 7.85. The van der Waals surface area contributed by atoms with Crippen LogP contribution in [0.5, 0.6) is 0 Å². The third-order valence-electron chi connectivity index (χ3n) is 4.27. The van der Waals surface area contributed by atoms with Gasteiger partial charge < -0.3 is 4.90 Å². The van der Waals surface area contributed by atoms with Gasteiger partial charge in [0, 0.05) is 27.6 Å². The molecule has 0 unspecified atom stereocenters. The molecule has 3 rings (SSSR count). The summed E-state index contributed by atoms with van der Waals surface area (Å²) in [6.07, 6.45) is 0.470. The van der Waals surface area contributed by atoms with E-state index >= 15 is 0 Å². The number of sulfone groups is 1. The summed E-state index contributed by atoms with van der Waals surface area (Å²) in [4.78, 5) is 14.7. The Morgan fingerprint density at radius 2 is 1.76 bits per heavy atom. The molecule has 0 N–H and O–H groups in total. The zero-order valence-corrected chi connectivity index (χ0v) is 16.5. The Morgan fingerprint density at radius 1 is 1.12 bits per heavy atom. The quantitative estimate of drug-likeness (QED) is 0.721. The first-order chi connectivity index (χ1) is 11.8. The summed E-state index contributed by atoms with van der Waals surface area (Å²) in [5.74, 6) is -0.0183. The van der Waals surface area contributed by atoms with Crippen LogP contribution in [0.25, 0.3) is 0 Å². The van der Waals surface area contributed by atoms with Crippen molar-refractivity contribution in [1.82, 2.24) is 4.90 Å². The molecule has 7 heteroatoms. The van der Waals surface area contributed by atoms with Crippen LogP contribution in [0.3, 0.4) is 0 Å². The van der Waals surface area contributed by atoms with E-state index in [2.05, 4.69) is 15.9 Å². The average Bonchev–Trinajstić information content (AvgIpc) is 2.94. The molecule has 0 aliphatic carbocycles. The number of amides is 1. The van der Waals surface area contributed by atoms with E-state index in [4.69, 9.17) is 11.6 Å². The fourth-order valence-electron chi connectivity index (χ4n) is 2.93. The average molecular weight is 443 g/mol. The van der Waals surface area contributed by atoms with E-state index in [9.17, 15) is 13.2 Å². The SMILES string of the molecule is O=C(c1ccc(Br)cc1)N(Cc1ccc(Cl)cc1)[C@@H]1CCS(=O)(=O)C1. The molecule has 0 spiro atoms. The Balaban J connectivity index is 1.89. The van der Waals surface area contributed by atoms with Crippen molar-refractivity contribution in [2.45, 2.75) is 19.0 Å². The highest BCUT2D eigenvalue weighted by molar-refractivity contribution is 9.10. The Bertz CT molecular complexity index is 866. The molecule has 2 aromatic rings. The molecule has 1 aliphatic rings. The number of hydrogen-bond acceptors (Lipinski definition) is 3. The molecule has 25 heavy (non-hydrogen) atoms. The Kier molecular flexibility index (Phi) is 5.51. The fraction of sp³-hybridized carbons (Fsp3) is 0.278. The number of nitrogens with zero attached hydrogens (tertiary/aromatic N) is 1. The molecule has 1 amide bonds. The standard InChI is InChI=1S/C18H17BrClNO3S/c19-15-5-3-14(4-6-15)18(22)21(17-9-10-25(23,24)12-17)11-13-1-7-16(20)8-2-13/h1-8,17H,9-12H2/t17-/m1/s1. The van der Waals surface area contributed by atoms with Gasteiger partial charge in [0.25, 0.3) is 5.91 Å². The molecule has 4 nitrogen and oxygen atoms in total. The van der Waals surface area contributed by atoms with Crippen LogP contribution in [0.1, 0.15) is 22.3 Å². The maximum absolute atomic E-state index is 13.0. The fourth-order valence-corrected chi connectivity index (χ4v) is 5.05. The molecule has 1 heterocycles. The number of benzene rings is 2. The summed E-state index contributed by atoms with van der Waals surface area (Å²) in [5, 5.41) is 0.623. The van der Waals surface area contributed by atoms with Crippen molar-refractivity contribution in [2.75, 3.05) is 11.5 Å². The van der Waals surface area contributed by atoms with E-state index in [0.717, 1.165) is 10.0 Å². The minimum atomic E-state index is -3.08. The smallest absolute Gasteiger partial charge is 0.254 e. The summed E-state index contributed by atoms with van der Waals surface area (Å²) < 4.78 is 24.7. The zero-order chi connectivity index (χ0) is 18.0. The normalized spacial score (nSPS) is 18.9. The highest BCUT2D eigenvalue weighted by Gasteiger charge is 2.35. The van der Waals surface area contributed by atoms with Crippen LogP contribution in [0.4, 0.5) is 0 Å². The van der Waals surface area contributed by atoms with Crippen molar-refractivity contribution >= 4 is 43.3 Å². The number of carbonyl (C=O) groups excluding carboxylic acids is 1. The highest BCUT2D eigenvalue weighted by atomic mass is 79.9. The van der Waals surface area contributed by atoms with Crippen molar-refractivity contribution in [1.29, 1.82) is 0 Å². The van der Waals surface area contributed by atoms with Crippen molar-refractivity contribution in [2.24, 2.45) is 0 Å². The van der Waals surface area contributed by atoms with E-state index in [1.807, 2.05) is 12.1 Å². The lowest BCUT2D eigenvalue weighted by Gasteiger charge is -2.28. The summed E-state index contributed by atoms with van der Waals surface area (Å²) in [5.41, 5.74) is 1.46. The van der Waals surface area contributed by atoms with Gasteiger partial charge >= 0.3 is 0 Å². The van der Waals surface area contributed by atoms with Crippen LogP contribution in [0.15, 0.2) is 53.0 Å². The van der Waals surface area contributed by atoms with Crippen molar-refractivity contribution in [3.8, 4) is 0 Å². The highest BCUT2D eigenvalue weighted by Crippen LogP contribution is 2.23. The molecule has 0 radical (unpaired) electrons. The second-order valence-electron chi connectivity index (χ2n) is 6.12. The van der Waals surface area contributed by atoms with Crippen molar-refractivity contribution in [3.05, 3.63) is 69.2 Å². The second kappa shape index (κ2) is 7.48. The van der Waals surface area contributed by atoms with Crippen LogP contribution < -0.4 is 0 Å². The lowest BCUT2D eigenvalue weighted by Crippen LogP contribution is -2.40. The molecule has 1 saturated heterocycles. The van der Waals surface area contributed by atoms with Gasteiger partial charge in [0.15, 0.2) is 9.84 Å². The molecule has 1 aliphatic heterocycles. The largest absolute Gasteiger partial charge is 0.330 e.